The number of rotatable bonds is 4. The van der Waals surface area contributed by atoms with E-state index in [0.717, 1.165) is 6.92 Å². The van der Waals surface area contributed by atoms with Gasteiger partial charge in [0.05, 0.1) is 5.57 Å². The average molecular weight is 224 g/mol. The van der Waals surface area contributed by atoms with Crippen molar-refractivity contribution < 1.29 is 32.8 Å². The van der Waals surface area contributed by atoms with Crippen LogP contribution < -0.4 is 0 Å². The van der Waals surface area contributed by atoms with E-state index in [1.54, 1.807) is 0 Å². The highest BCUT2D eigenvalue weighted by Crippen LogP contribution is 2.10. The monoisotopic (exact) mass is 224 g/mol. The molecule has 80 valence electrons. The Kier molecular flexibility index (Phi) is 3.78. The minimum absolute atomic E-state index is 0.223. The summed E-state index contributed by atoms with van der Waals surface area (Å²) in [7, 11) is -4.61. The van der Waals surface area contributed by atoms with Crippen LogP contribution in [0.3, 0.4) is 0 Å². The first-order chi connectivity index (χ1) is 6.16. The van der Waals surface area contributed by atoms with Gasteiger partial charge >= 0.3 is 11.9 Å². The third-order valence-corrected chi connectivity index (χ3v) is 2.56. The Morgan fingerprint density at radius 3 is 1.93 bits per heavy atom. The van der Waals surface area contributed by atoms with Gasteiger partial charge in [0.25, 0.3) is 10.1 Å². The van der Waals surface area contributed by atoms with Crippen LogP contribution in [0.2, 0.25) is 0 Å². The lowest BCUT2D eigenvalue weighted by atomic mass is 10.2. The van der Waals surface area contributed by atoms with Gasteiger partial charge < -0.3 is 10.2 Å². The van der Waals surface area contributed by atoms with Gasteiger partial charge in [-0.2, -0.15) is 8.42 Å². The lowest BCUT2D eigenvalue weighted by Gasteiger charge is -2.07. The number of hydrogen-bond donors (Lipinski definition) is 3. The van der Waals surface area contributed by atoms with Crippen LogP contribution in [-0.4, -0.2) is 40.4 Å². The van der Waals surface area contributed by atoms with Crippen molar-refractivity contribution in [2.24, 2.45) is 0 Å². The minimum atomic E-state index is -4.61. The zero-order chi connectivity index (χ0) is 11.5. The van der Waals surface area contributed by atoms with E-state index in [2.05, 4.69) is 0 Å². The molecule has 14 heavy (non-hydrogen) atoms. The number of aliphatic carboxylic acids is 2. The Labute approximate surface area is 79.4 Å². The predicted molar refractivity (Wildman–Crippen MR) is 44.4 cm³/mol. The normalized spacial score (nSPS) is 14.9. The molecule has 0 heterocycles. The average Bonchev–Trinajstić information content (AvgIpc) is 1.96. The van der Waals surface area contributed by atoms with Crippen LogP contribution in [0.4, 0.5) is 0 Å². The van der Waals surface area contributed by atoms with Crippen LogP contribution in [0.15, 0.2) is 11.6 Å². The largest absolute Gasteiger partial charge is 0.478 e. The summed E-state index contributed by atoms with van der Waals surface area (Å²) in [5.74, 6) is -3.31. The van der Waals surface area contributed by atoms with Gasteiger partial charge in [0, 0.05) is 6.08 Å². The van der Waals surface area contributed by atoms with E-state index in [0.29, 0.717) is 0 Å². The third-order valence-electron chi connectivity index (χ3n) is 1.41. The molecule has 0 amide bonds. The molecule has 0 aliphatic carbocycles. The fraction of sp³-hybridized carbons (Fsp3) is 0.333. The number of hydrogen-bond acceptors (Lipinski definition) is 4. The number of carboxylic acid groups (broad SMARTS) is 2. The second-order valence-corrected chi connectivity index (χ2v) is 4.14. The summed E-state index contributed by atoms with van der Waals surface area (Å²) < 4.78 is 29.5. The van der Waals surface area contributed by atoms with Crippen LogP contribution in [0.1, 0.15) is 6.92 Å². The zero-order valence-corrected chi connectivity index (χ0v) is 7.85. The molecule has 0 aliphatic rings. The lowest BCUT2D eigenvalue weighted by molar-refractivity contribution is -0.135. The molecule has 0 spiro atoms. The molecule has 0 aromatic heterocycles. The highest BCUT2D eigenvalue weighted by Gasteiger charge is 2.27. The fourth-order valence-electron chi connectivity index (χ4n) is 0.646. The second-order valence-electron chi connectivity index (χ2n) is 2.40. The summed E-state index contributed by atoms with van der Waals surface area (Å²) in [6.07, 6.45) is 0.223. The topological polar surface area (TPSA) is 129 Å². The highest BCUT2D eigenvalue weighted by molar-refractivity contribution is 7.86. The standard InChI is InChI=1S/C6H8O7S/c1-3(14(11,12)13)4(6(9)10)2-5(7)8/h2-3H,1H3,(H,7,8)(H,9,10)(H,11,12,13)/b4-2+. The Hall–Kier alpha value is -1.41. The van der Waals surface area contributed by atoms with Crippen molar-refractivity contribution in [2.45, 2.75) is 12.2 Å². The van der Waals surface area contributed by atoms with Gasteiger partial charge in [-0.25, -0.2) is 9.59 Å². The number of carboxylic acids is 2. The molecule has 0 bridgehead atoms. The summed E-state index contributed by atoms with van der Waals surface area (Å²) in [6, 6.07) is 0. The van der Waals surface area contributed by atoms with Gasteiger partial charge in [-0.05, 0) is 6.92 Å². The molecule has 8 heteroatoms. The number of carbonyl (C=O) groups is 2. The Balaban J connectivity index is 5.26. The summed E-state index contributed by atoms with van der Waals surface area (Å²) in [6.45, 7) is 0.873. The van der Waals surface area contributed by atoms with E-state index in [4.69, 9.17) is 14.8 Å². The van der Waals surface area contributed by atoms with E-state index >= 15 is 0 Å². The molecule has 1 atom stereocenters. The van der Waals surface area contributed by atoms with Gasteiger partial charge in [0.1, 0.15) is 5.25 Å². The van der Waals surface area contributed by atoms with Crippen LogP contribution in [0.25, 0.3) is 0 Å². The van der Waals surface area contributed by atoms with Gasteiger partial charge in [-0.3, -0.25) is 4.55 Å². The molecular weight excluding hydrogens is 216 g/mol. The Bertz CT molecular complexity index is 377. The van der Waals surface area contributed by atoms with Crippen LogP contribution in [0, 0.1) is 0 Å². The van der Waals surface area contributed by atoms with Crippen molar-refractivity contribution in [1.82, 2.24) is 0 Å². The summed E-state index contributed by atoms with van der Waals surface area (Å²) in [4.78, 5) is 20.5. The van der Waals surface area contributed by atoms with Crippen LogP contribution >= 0.6 is 0 Å². The van der Waals surface area contributed by atoms with Crippen molar-refractivity contribution >= 4 is 22.1 Å². The van der Waals surface area contributed by atoms with Crippen LogP contribution in [0.5, 0.6) is 0 Å². The minimum Gasteiger partial charge on any atom is -0.478 e. The van der Waals surface area contributed by atoms with Crippen molar-refractivity contribution in [3.05, 3.63) is 11.6 Å². The first-order valence-electron chi connectivity index (χ1n) is 3.30. The molecule has 0 saturated carbocycles. The lowest BCUT2D eigenvalue weighted by Crippen LogP contribution is -2.24. The fourth-order valence-corrected chi connectivity index (χ4v) is 1.14. The molecule has 3 N–H and O–H groups in total. The first kappa shape index (κ1) is 12.6. The summed E-state index contributed by atoms with van der Waals surface area (Å²) >= 11 is 0. The SMILES string of the molecule is CC(/C(=C\C(=O)O)C(=O)O)S(=O)(=O)O. The highest BCUT2D eigenvalue weighted by atomic mass is 32.2. The predicted octanol–water partition coefficient (Wildman–Crippen LogP) is -0.642. The summed E-state index contributed by atoms with van der Waals surface area (Å²) in [5, 5.41) is 14.9. The molecule has 0 aliphatic heterocycles. The molecule has 0 radical (unpaired) electrons. The first-order valence-corrected chi connectivity index (χ1v) is 4.80. The molecule has 0 aromatic carbocycles. The van der Waals surface area contributed by atoms with E-state index < -0.39 is 32.9 Å². The molecule has 0 aromatic rings. The third kappa shape index (κ3) is 3.54. The van der Waals surface area contributed by atoms with E-state index in [1.807, 2.05) is 0 Å². The maximum absolute atomic E-state index is 10.5. The van der Waals surface area contributed by atoms with Crippen LogP contribution in [-0.2, 0) is 19.7 Å². The van der Waals surface area contributed by atoms with E-state index in [-0.39, 0.29) is 6.08 Å². The molecular formula is C6H8O7S. The van der Waals surface area contributed by atoms with Gasteiger partial charge in [-0.1, -0.05) is 0 Å². The van der Waals surface area contributed by atoms with Gasteiger partial charge in [0.2, 0.25) is 0 Å². The van der Waals surface area contributed by atoms with Gasteiger partial charge in [0.15, 0.2) is 0 Å². The molecule has 1 unspecified atom stereocenters. The molecule has 0 fully saturated rings. The molecule has 7 nitrogen and oxygen atoms in total. The zero-order valence-electron chi connectivity index (χ0n) is 7.04. The van der Waals surface area contributed by atoms with Gasteiger partial charge in [-0.15, -0.1) is 0 Å². The second kappa shape index (κ2) is 4.20. The Morgan fingerprint density at radius 1 is 1.29 bits per heavy atom. The van der Waals surface area contributed by atoms with E-state index in [9.17, 15) is 18.0 Å². The van der Waals surface area contributed by atoms with Crippen molar-refractivity contribution in [3.8, 4) is 0 Å². The van der Waals surface area contributed by atoms with Crippen molar-refractivity contribution in [3.63, 3.8) is 0 Å². The van der Waals surface area contributed by atoms with Crippen molar-refractivity contribution in [1.29, 1.82) is 0 Å². The maximum Gasteiger partial charge on any atom is 0.333 e. The van der Waals surface area contributed by atoms with Crippen molar-refractivity contribution in [2.75, 3.05) is 0 Å². The Morgan fingerprint density at radius 2 is 1.71 bits per heavy atom. The smallest absolute Gasteiger partial charge is 0.333 e. The molecule has 0 saturated heterocycles. The van der Waals surface area contributed by atoms with E-state index in [1.165, 1.54) is 0 Å². The quantitative estimate of drug-likeness (QED) is 0.427. The summed E-state index contributed by atoms with van der Waals surface area (Å²) in [5.41, 5.74) is -0.903. The molecule has 0 rings (SSSR count). The maximum atomic E-state index is 10.5.